The summed E-state index contributed by atoms with van der Waals surface area (Å²) in [6.07, 6.45) is 1.66. The first-order valence-electron chi connectivity index (χ1n) is 9.17. The van der Waals surface area contributed by atoms with Crippen LogP contribution in [0.3, 0.4) is 0 Å². The summed E-state index contributed by atoms with van der Waals surface area (Å²) < 4.78 is 18.7. The minimum Gasteiger partial charge on any atom is -0.490 e. The number of hydrogen-bond donors (Lipinski definition) is 2. The highest BCUT2D eigenvalue weighted by Gasteiger charge is 2.38. The van der Waals surface area contributed by atoms with Crippen molar-refractivity contribution in [3.05, 3.63) is 66.0 Å². The summed E-state index contributed by atoms with van der Waals surface area (Å²) >= 11 is 0. The van der Waals surface area contributed by atoms with Crippen molar-refractivity contribution in [1.82, 2.24) is 10.6 Å². The van der Waals surface area contributed by atoms with Gasteiger partial charge in [-0.3, -0.25) is 4.79 Å². The molecule has 4 rings (SSSR count). The molecule has 0 radical (unpaired) electrons. The topological polar surface area (TPSA) is 50.4 Å². The van der Waals surface area contributed by atoms with Crippen LogP contribution in [0, 0.1) is 11.7 Å². The Morgan fingerprint density at radius 2 is 1.74 bits per heavy atom. The van der Waals surface area contributed by atoms with Gasteiger partial charge < -0.3 is 15.4 Å². The number of nitrogens with one attached hydrogen (secondary N) is 2. The van der Waals surface area contributed by atoms with E-state index in [0.29, 0.717) is 12.3 Å². The van der Waals surface area contributed by atoms with Gasteiger partial charge in [0.05, 0.1) is 5.92 Å². The van der Waals surface area contributed by atoms with Crippen molar-refractivity contribution in [2.75, 3.05) is 13.1 Å². The standard InChI is InChI=1S/C21H23FN2O2.ClH/c22-15-6-8-17(9-7-15)26-18-10-16(11-18)24-21(25)20-13-23-12-19(20)14-4-2-1-3-5-14;/h1-9,16,18-20,23H,10-13H2,(H,24,25);1H/t16?,18?,19-,20+;/m1./s1. The van der Waals surface area contributed by atoms with Crippen LogP contribution in [0.5, 0.6) is 5.75 Å². The fourth-order valence-electron chi connectivity index (χ4n) is 3.80. The second kappa shape index (κ2) is 8.72. The van der Waals surface area contributed by atoms with Crippen molar-refractivity contribution in [3.63, 3.8) is 0 Å². The van der Waals surface area contributed by atoms with Gasteiger partial charge in [0, 0.05) is 37.9 Å². The molecule has 0 unspecified atom stereocenters. The van der Waals surface area contributed by atoms with Gasteiger partial charge in [-0.15, -0.1) is 12.4 Å². The molecule has 0 bridgehead atoms. The predicted octanol–water partition coefficient (Wildman–Crippen LogP) is 3.28. The quantitative estimate of drug-likeness (QED) is 0.823. The van der Waals surface area contributed by atoms with E-state index in [1.807, 2.05) is 18.2 Å². The van der Waals surface area contributed by atoms with Crippen LogP contribution in [0.4, 0.5) is 4.39 Å². The lowest BCUT2D eigenvalue weighted by Crippen LogP contribution is -2.51. The molecule has 2 atom stereocenters. The molecule has 0 spiro atoms. The first kappa shape index (κ1) is 19.6. The number of benzene rings is 2. The second-order valence-electron chi connectivity index (χ2n) is 7.15. The molecule has 2 aromatic carbocycles. The molecule has 2 fully saturated rings. The Labute approximate surface area is 164 Å². The summed E-state index contributed by atoms with van der Waals surface area (Å²) in [6.45, 7) is 1.55. The number of amides is 1. The minimum absolute atomic E-state index is 0. The maximum Gasteiger partial charge on any atom is 0.225 e. The van der Waals surface area contributed by atoms with Crippen LogP contribution in [0.2, 0.25) is 0 Å². The SMILES string of the molecule is Cl.O=C(NC1CC(Oc2ccc(F)cc2)C1)[C@H]1CNC[C@@H]1c1ccccc1. The first-order valence-corrected chi connectivity index (χ1v) is 9.17. The van der Waals surface area contributed by atoms with E-state index in [9.17, 15) is 9.18 Å². The molecule has 1 heterocycles. The van der Waals surface area contributed by atoms with Crippen LogP contribution in [-0.2, 0) is 4.79 Å². The lowest BCUT2D eigenvalue weighted by Gasteiger charge is -2.36. The third-order valence-electron chi connectivity index (χ3n) is 5.34. The molecule has 6 heteroatoms. The molecule has 0 aromatic heterocycles. The zero-order valence-electron chi connectivity index (χ0n) is 14.9. The minimum atomic E-state index is -0.269. The van der Waals surface area contributed by atoms with Crippen molar-refractivity contribution in [1.29, 1.82) is 0 Å². The maximum absolute atomic E-state index is 12.9. The third-order valence-corrected chi connectivity index (χ3v) is 5.34. The van der Waals surface area contributed by atoms with E-state index in [4.69, 9.17) is 4.74 Å². The zero-order chi connectivity index (χ0) is 17.9. The summed E-state index contributed by atoms with van der Waals surface area (Å²) in [6, 6.07) is 16.4. The van der Waals surface area contributed by atoms with E-state index >= 15 is 0 Å². The monoisotopic (exact) mass is 390 g/mol. The summed E-state index contributed by atoms with van der Waals surface area (Å²) in [5.74, 6) is 0.714. The van der Waals surface area contributed by atoms with Gasteiger partial charge in [0.2, 0.25) is 5.91 Å². The Balaban J connectivity index is 0.00000210. The van der Waals surface area contributed by atoms with Crippen molar-refractivity contribution < 1.29 is 13.9 Å². The molecule has 1 aliphatic heterocycles. The number of hydrogen-bond acceptors (Lipinski definition) is 3. The Bertz CT molecular complexity index is 751. The van der Waals surface area contributed by atoms with Gasteiger partial charge >= 0.3 is 0 Å². The summed E-state index contributed by atoms with van der Waals surface area (Å²) in [5, 5.41) is 6.50. The summed E-state index contributed by atoms with van der Waals surface area (Å²) in [4.78, 5) is 12.7. The molecular formula is C21H24ClFN2O2. The third kappa shape index (κ3) is 4.60. The molecule has 144 valence electrons. The highest BCUT2D eigenvalue weighted by atomic mass is 35.5. The Hall–Kier alpha value is -2.11. The highest BCUT2D eigenvalue weighted by molar-refractivity contribution is 5.85. The molecule has 1 amide bonds. The van der Waals surface area contributed by atoms with E-state index in [1.165, 1.54) is 17.7 Å². The molecule has 27 heavy (non-hydrogen) atoms. The van der Waals surface area contributed by atoms with Crippen molar-refractivity contribution in [3.8, 4) is 5.75 Å². The van der Waals surface area contributed by atoms with E-state index in [0.717, 1.165) is 19.4 Å². The number of carbonyl (C=O) groups is 1. The van der Waals surface area contributed by atoms with Crippen LogP contribution < -0.4 is 15.4 Å². The second-order valence-corrected chi connectivity index (χ2v) is 7.15. The van der Waals surface area contributed by atoms with Crippen LogP contribution in [-0.4, -0.2) is 31.1 Å². The van der Waals surface area contributed by atoms with E-state index in [-0.39, 0.29) is 48.1 Å². The molecule has 2 aromatic rings. The fraction of sp³-hybridized carbons (Fsp3) is 0.381. The highest BCUT2D eigenvalue weighted by Crippen LogP contribution is 2.30. The number of halogens is 2. The molecule has 2 N–H and O–H groups in total. The van der Waals surface area contributed by atoms with E-state index in [2.05, 4.69) is 22.8 Å². The van der Waals surface area contributed by atoms with Gasteiger partial charge in [0.15, 0.2) is 0 Å². The predicted molar refractivity (Wildman–Crippen MR) is 105 cm³/mol. The van der Waals surface area contributed by atoms with Gasteiger partial charge in [0.25, 0.3) is 0 Å². The number of carbonyl (C=O) groups excluding carboxylic acids is 1. The zero-order valence-corrected chi connectivity index (χ0v) is 15.8. The molecule has 1 aliphatic carbocycles. The van der Waals surface area contributed by atoms with Crippen LogP contribution >= 0.6 is 12.4 Å². The van der Waals surface area contributed by atoms with Gasteiger partial charge in [0.1, 0.15) is 17.7 Å². The lowest BCUT2D eigenvalue weighted by molar-refractivity contribution is -0.126. The number of rotatable bonds is 5. The van der Waals surface area contributed by atoms with Crippen molar-refractivity contribution in [2.45, 2.75) is 30.9 Å². The van der Waals surface area contributed by atoms with Gasteiger partial charge in [-0.2, -0.15) is 0 Å². The molecule has 2 aliphatic rings. The molecule has 4 nitrogen and oxygen atoms in total. The Kier molecular flexibility index (Phi) is 6.34. The van der Waals surface area contributed by atoms with Gasteiger partial charge in [-0.1, -0.05) is 30.3 Å². The van der Waals surface area contributed by atoms with Gasteiger partial charge in [-0.25, -0.2) is 4.39 Å². The summed E-state index contributed by atoms with van der Waals surface area (Å²) in [7, 11) is 0. The van der Waals surface area contributed by atoms with Crippen molar-refractivity contribution >= 4 is 18.3 Å². The maximum atomic E-state index is 12.9. The molecule has 1 saturated heterocycles. The van der Waals surface area contributed by atoms with Crippen molar-refractivity contribution in [2.24, 2.45) is 5.92 Å². The first-order chi connectivity index (χ1) is 12.7. The molecular weight excluding hydrogens is 367 g/mol. The average Bonchev–Trinajstić information content (AvgIpc) is 3.12. The van der Waals surface area contributed by atoms with E-state index < -0.39 is 0 Å². The normalized spacial score (nSPS) is 26.6. The lowest BCUT2D eigenvalue weighted by atomic mass is 9.85. The van der Waals surface area contributed by atoms with Gasteiger partial charge in [-0.05, 0) is 29.8 Å². The summed E-state index contributed by atoms with van der Waals surface area (Å²) in [5.41, 5.74) is 1.21. The van der Waals surface area contributed by atoms with Crippen LogP contribution in [0.1, 0.15) is 24.3 Å². The Morgan fingerprint density at radius 3 is 2.44 bits per heavy atom. The molecule has 1 saturated carbocycles. The van der Waals surface area contributed by atoms with Crippen LogP contribution in [0.15, 0.2) is 54.6 Å². The van der Waals surface area contributed by atoms with Crippen LogP contribution in [0.25, 0.3) is 0 Å². The fourth-order valence-corrected chi connectivity index (χ4v) is 3.80. The number of ether oxygens (including phenoxy) is 1. The largest absolute Gasteiger partial charge is 0.490 e. The Morgan fingerprint density at radius 1 is 1.04 bits per heavy atom. The average molecular weight is 391 g/mol. The van der Waals surface area contributed by atoms with E-state index in [1.54, 1.807) is 12.1 Å². The smallest absolute Gasteiger partial charge is 0.225 e.